The minimum Gasteiger partial charge on any atom is -0.495 e. The van der Waals surface area contributed by atoms with E-state index in [0.29, 0.717) is 0 Å². The van der Waals surface area contributed by atoms with Gasteiger partial charge in [-0.05, 0) is 18.2 Å². The summed E-state index contributed by atoms with van der Waals surface area (Å²) in [4.78, 5) is 23.3. The molecule has 0 spiro atoms. The van der Waals surface area contributed by atoms with Crippen LogP contribution in [0.15, 0.2) is 34.9 Å². The van der Waals surface area contributed by atoms with E-state index in [1.54, 1.807) is 0 Å². The lowest BCUT2D eigenvalue weighted by atomic mass is 10.2. The number of hydrogen-bond acceptors (Lipinski definition) is 8. The topological polar surface area (TPSA) is 128 Å². The molecule has 0 unspecified atom stereocenters. The highest BCUT2D eigenvalue weighted by Crippen LogP contribution is 2.28. The van der Waals surface area contributed by atoms with Gasteiger partial charge in [0.05, 0.1) is 17.7 Å². The molecule has 1 aromatic rings. The van der Waals surface area contributed by atoms with Crippen molar-refractivity contribution in [2.75, 3.05) is 12.4 Å². The monoisotopic (exact) mass is 357 g/mol. The third kappa shape index (κ3) is 3.84. The molecule has 2 rings (SSSR count). The summed E-state index contributed by atoms with van der Waals surface area (Å²) in [6.07, 6.45) is 1.01. The lowest BCUT2D eigenvalue weighted by molar-refractivity contribution is -0.222. The van der Waals surface area contributed by atoms with E-state index in [0.717, 1.165) is 18.3 Å². The van der Waals surface area contributed by atoms with Gasteiger partial charge in [-0.3, -0.25) is 4.55 Å². The molecule has 24 heavy (non-hydrogen) atoms. The third-order valence-corrected chi connectivity index (χ3v) is 3.81. The number of carbonyl (C=O) groups excluding carboxylic acids is 2. The van der Waals surface area contributed by atoms with Gasteiger partial charge in [0.2, 0.25) is 0 Å². The second-order valence-corrected chi connectivity index (χ2v) is 6.64. The summed E-state index contributed by atoms with van der Waals surface area (Å²) in [6, 6.07) is 3.51. The Balaban J connectivity index is 2.34. The second-order valence-electron chi connectivity index (χ2n) is 5.22. The standard InChI is InChI=1S/C14H15NO8S/c1-14(2)22-12(16)9(13(17)23-14)7-15-10-6-8(24(18,19)20)4-5-11(10)21-3/h4-7,15H,1-3H3,(H,18,19,20). The number of methoxy groups -OCH3 is 1. The van der Waals surface area contributed by atoms with Gasteiger partial charge < -0.3 is 19.5 Å². The quantitative estimate of drug-likeness (QED) is 0.352. The summed E-state index contributed by atoms with van der Waals surface area (Å²) >= 11 is 0. The fraction of sp³-hybridized carbons (Fsp3) is 0.286. The number of esters is 2. The van der Waals surface area contributed by atoms with Gasteiger partial charge in [-0.2, -0.15) is 8.42 Å². The molecular weight excluding hydrogens is 342 g/mol. The zero-order valence-electron chi connectivity index (χ0n) is 13.0. The highest BCUT2D eigenvalue weighted by molar-refractivity contribution is 7.85. The maximum atomic E-state index is 11.8. The van der Waals surface area contributed by atoms with Crippen molar-refractivity contribution >= 4 is 27.7 Å². The van der Waals surface area contributed by atoms with Crippen molar-refractivity contribution < 1.29 is 36.8 Å². The third-order valence-electron chi connectivity index (χ3n) is 2.96. The Morgan fingerprint density at radius 2 is 1.79 bits per heavy atom. The molecule has 1 aromatic carbocycles. The van der Waals surface area contributed by atoms with Crippen LogP contribution in [0.25, 0.3) is 0 Å². The number of ether oxygens (including phenoxy) is 3. The lowest BCUT2D eigenvalue weighted by Gasteiger charge is -2.29. The maximum Gasteiger partial charge on any atom is 0.350 e. The SMILES string of the molecule is COc1ccc(S(=O)(=O)O)cc1NC=C1C(=O)OC(C)(C)OC1=O. The van der Waals surface area contributed by atoms with Gasteiger partial charge in [0, 0.05) is 20.0 Å². The minimum atomic E-state index is -4.43. The van der Waals surface area contributed by atoms with E-state index in [4.69, 9.17) is 18.8 Å². The average Bonchev–Trinajstić information content (AvgIpc) is 2.43. The molecule has 1 heterocycles. The molecule has 2 N–H and O–H groups in total. The van der Waals surface area contributed by atoms with Gasteiger partial charge in [0.25, 0.3) is 15.9 Å². The van der Waals surface area contributed by atoms with E-state index < -0.39 is 33.4 Å². The smallest absolute Gasteiger partial charge is 0.350 e. The van der Waals surface area contributed by atoms with Crippen LogP contribution in [0.2, 0.25) is 0 Å². The van der Waals surface area contributed by atoms with Crippen molar-refractivity contribution in [2.24, 2.45) is 0 Å². The summed E-state index contributed by atoms with van der Waals surface area (Å²) in [6.45, 7) is 2.82. The van der Waals surface area contributed by atoms with E-state index in [1.165, 1.54) is 27.0 Å². The molecule has 0 atom stereocenters. The molecule has 9 nitrogen and oxygen atoms in total. The number of carbonyl (C=O) groups is 2. The largest absolute Gasteiger partial charge is 0.495 e. The van der Waals surface area contributed by atoms with Crippen LogP contribution in [0, 0.1) is 0 Å². The number of nitrogens with one attached hydrogen (secondary N) is 1. The van der Waals surface area contributed by atoms with E-state index in [2.05, 4.69) is 5.32 Å². The first-order valence-corrected chi connectivity index (χ1v) is 8.06. The zero-order valence-corrected chi connectivity index (χ0v) is 13.8. The molecule has 0 saturated carbocycles. The highest BCUT2D eigenvalue weighted by Gasteiger charge is 2.39. The van der Waals surface area contributed by atoms with Crippen LogP contribution in [0.3, 0.4) is 0 Å². The number of hydrogen-bond donors (Lipinski definition) is 2. The van der Waals surface area contributed by atoms with E-state index in [9.17, 15) is 18.0 Å². The van der Waals surface area contributed by atoms with Crippen LogP contribution in [0.5, 0.6) is 5.75 Å². The summed E-state index contributed by atoms with van der Waals surface area (Å²) in [7, 11) is -3.09. The second kappa shape index (κ2) is 6.13. The molecule has 0 amide bonds. The number of rotatable bonds is 4. The molecule has 1 saturated heterocycles. The van der Waals surface area contributed by atoms with E-state index in [-0.39, 0.29) is 16.3 Å². The predicted molar refractivity (Wildman–Crippen MR) is 80.8 cm³/mol. The first kappa shape index (κ1) is 17.8. The molecule has 1 fully saturated rings. The van der Waals surface area contributed by atoms with Crippen LogP contribution in [0.1, 0.15) is 13.8 Å². The molecule has 0 aromatic heterocycles. The molecule has 1 aliphatic heterocycles. The average molecular weight is 357 g/mol. The lowest BCUT2D eigenvalue weighted by Crippen LogP contribution is -2.42. The van der Waals surface area contributed by atoms with Crippen LogP contribution in [-0.2, 0) is 29.2 Å². The predicted octanol–water partition coefficient (Wildman–Crippen LogP) is 1.07. The van der Waals surface area contributed by atoms with Crippen molar-refractivity contribution in [3.63, 3.8) is 0 Å². The fourth-order valence-corrected chi connectivity index (χ4v) is 2.40. The molecule has 0 bridgehead atoms. The minimum absolute atomic E-state index is 0.102. The Hall–Kier alpha value is -2.59. The number of cyclic esters (lactones) is 2. The molecule has 0 aliphatic carbocycles. The van der Waals surface area contributed by atoms with Crippen LogP contribution in [-0.4, -0.2) is 37.8 Å². The van der Waals surface area contributed by atoms with Crippen molar-refractivity contribution in [3.8, 4) is 5.75 Å². The normalized spacial score (nSPS) is 16.9. The summed E-state index contributed by atoms with van der Waals surface area (Å²) in [5, 5.41) is 2.57. The van der Waals surface area contributed by atoms with Gasteiger partial charge in [-0.15, -0.1) is 0 Å². The number of anilines is 1. The van der Waals surface area contributed by atoms with Gasteiger partial charge >= 0.3 is 11.9 Å². The molecular formula is C14H15NO8S. The van der Waals surface area contributed by atoms with Gasteiger partial charge in [0.1, 0.15) is 5.75 Å². The summed E-state index contributed by atoms with van der Waals surface area (Å²) in [5.74, 6) is -2.94. The Labute approximate surface area is 137 Å². The molecule has 1 aliphatic rings. The highest BCUT2D eigenvalue weighted by atomic mass is 32.2. The van der Waals surface area contributed by atoms with Gasteiger partial charge in [-0.1, -0.05) is 0 Å². The van der Waals surface area contributed by atoms with Gasteiger partial charge in [-0.25, -0.2) is 9.59 Å². The zero-order chi connectivity index (χ0) is 18.1. The molecule has 10 heteroatoms. The number of benzene rings is 1. The molecule has 130 valence electrons. The van der Waals surface area contributed by atoms with Crippen molar-refractivity contribution in [1.82, 2.24) is 0 Å². The van der Waals surface area contributed by atoms with E-state index >= 15 is 0 Å². The van der Waals surface area contributed by atoms with E-state index in [1.807, 2.05) is 0 Å². The summed E-state index contributed by atoms with van der Waals surface area (Å²) in [5.41, 5.74) is -0.306. The van der Waals surface area contributed by atoms with Gasteiger partial charge in [0.15, 0.2) is 5.57 Å². The first-order valence-electron chi connectivity index (χ1n) is 6.62. The molecule has 0 radical (unpaired) electrons. The van der Waals surface area contributed by atoms with Crippen molar-refractivity contribution in [3.05, 3.63) is 30.0 Å². The van der Waals surface area contributed by atoms with Crippen molar-refractivity contribution in [1.29, 1.82) is 0 Å². The Bertz CT molecular complexity index is 803. The van der Waals surface area contributed by atoms with Crippen LogP contribution < -0.4 is 10.1 Å². The Morgan fingerprint density at radius 1 is 1.21 bits per heavy atom. The van der Waals surface area contributed by atoms with Crippen LogP contribution >= 0.6 is 0 Å². The van der Waals surface area contributed by atoms with Crippen molar-refractivity contribution in [2.45, 2.75) is 24.5 Å². The summed E-state index contributed by atoms with van der Waals surface area (Å²) < 4.78 is 46.3. The first-order chi connectivity index (χ1) is 11.0. The maximum absolute atomic E-state index is 11.8. The Kier molecular flexibility index (Phi) is 4.54. The van der Waals surface area contributed by atoms with Crippen LogP contribution in [0.4, 0.5) is 5.69 Å². The fourth-order valence-electron chi connectivity index (χ4n) is 1.89. The Morgan fingerprint density at radius 3 is 2.29 bits per heavy atom.